The molecule has 2 aliphatic rings. The number of carboxylic acid groups (broad SMARTS) is 1. The molecule has 154 valence electrons. The van der Waals surface area contributed by atoms with Crippen molar-refractivity contribution in [3.63, 3.8) is 0 Å². The maximum absolute atomic E-state index is 12.9. The van der Waals surface area contributed by atoms with Crippen LogP contribution in [0.25, 0.3) is 0 Å². The van der Waals surface area contributed by atoms with Gasteiger partial charge in [-0.15, -0.1) is 0 Å². The first-order valence-corrected chi connectivity index (χ1v) is 9.70. The zero-order chi connectivity index (χ0) is 21.0. The van der Waals surface area contributed by atoms with Crippen LogP contribution < -0.4 is 10.6 Å². The van der Waals surface area contributed by atoms with Gasteiger partial charge in [0, 0.05) is 25.1 Å². The summed E-state index contributed by atoms with van der Waals surface area (Å²) < 4.78 is 0. The lowest BCUT2D eigenvalue weighted by Crippen LogP contribution is -2.54. The van der Waals surface area contributed by atoms with Gasteiger partial charge in [0.2, 0.25) is 11.8 Å². The Morgan fingerprint density at radius 2 is 1.86 bits per heavy atom. The maximum Gasteiger partial charge on any atom is 0.303 e. The molecule has 0 aromatic heterocycles. The number of nitrogens with one attached hydrogen (secondary N) is 2. The predicted octanol–water partition coefficient (Wildman–Crippen LogP) is 1.53. The van der Waals surface area contributed by atoms with E-state index in [1.807, 2.05) is 0 Å². The molecule has 1 aromatic rings. The minimum atomic E-state index is -0.984. The van der Waals surface area contributed by atoms with E-state index in [-0.39, 0.29) is 30.4 Å². The molecule has 1 atom stereocenters. The number of hydrogen-bond acceptors (Lipinski definition) is 6. The molecule has 9 nitrogen and oxygen atoms in total. The maximum atomic E-state index is 12.9. The van der Waals surface area contributed by atoms with Crippen LogP contribution in [0, 0.1) is 0 Å². The van der Waals surface area contributed by atoms with E-state index >= 15 is 0 Å². The number of imide groups is 2. The number of benzene rings is 1. The van der Waals surface area contributed by atoms with E-state index in [1.165, 1.54) is 0 Å². The van der Waals surface area contributed by atoms with Crippen LogP contribution in [0.2, 0.25) is 0 Å². The minimum Gasteiger partial charge on any atom is -0.481 e. The fraction of sp³-hybridized carbons (Fsp3) is 0.450. The third kappa shape index (κ3) is 4.44. The van der Waals surface area contributed by atoms with Crippen molar-refractivity contribution in [2.45, 2.75) is 51.0 Å². The highest BCUT2D eigenvalue weighted by Gasteiger charge is 2.45. The second-order valence-electron chi connectivity index (χ2n) is 7.16. The summed E-state index contributed by atoms with van der Waals surface area (Å²) >= 11 is 0. The molecule has 1 saturated heterocycles. The number of carbonyl (C=O) groups excluding carboxylic acids is 4. The molecule has 0 spiro atoms. The molecule has 0 radical (unpaired) electrons. The molecular formula is C20H23N3O6. The Bertz CT molecular complexity index is 866. The third-order valence-corrected chi connectivity index (χ3v) is 5.10. The molecule has 29 heavy (non-hydrogen) atoms. The second kappa shape index (κ2) is 8.85. The van der Waals surface area contributed by atoms with Crippen LogP contribution >= 0.6 is 0 Å². The van der Waals surface area contributed by atoms with E-state index in [9.17, 15) is 24.0 Å². The zero-order valence-corrected chi connectivity index (χ0v) is 15.9. The molecule has 9 heteroatoms. The first-order chi connectivity index (χ1) is 13.9. The van der Waals surface area contributed by atoms with Crippen molar-refractivity contribution in [3.8, 4) is 0 Å². The third-order valence-electron chi connectivity index (χ3n) is 5.10. The van der Waals surface area contributed by atoms with Gasteiger partial charge >= 0.3 is 5.97 Å². The van der Waals surface area contributed by atoms with E-state index in [4.69, 9.17) is 5.11 Å². The number of carbonyl (C=O) groups is 5. The zero-order valence-electron chi connectivity index (χ0n) is 15.9. The van der Waals surface area contributed by atoms with E-state index < -0.39 is 35.6 Å². The molecule has 4 amide bonds. The molecular weight excluding hydrogens is 378 g/mol. The summed E-state index contributed by atoms with van der Waals surface area (Å²) in [6.07, 6.45) is 3.44. The van der Waals surface area contributed by atoms with Gasteiger partial charge in [0.25, 0.3) is 11.8 Å². The van der Waals surface area contributed by atoms with Gasteiger partial charge in [-0.05, 0) is 31.4 Å². The highest BCUT2D eigenvalue weighted by molar-refractivity contribution is 6.25. The Morgan fingerprint density at radius 1 is 1.10 bits per heavy atom. The van der Waals surface area contributed by atoms with Crippen LogP contribution in [0.5, 0.6) is 0 Å². The number of aliphatic carboxylic acids is 1. The second-order valence-corrected chi connectivity index (χ2v) is 7.16. The number of fused-ring (bicyclic) bond motifs is 1. The van der Waals surface area contributed by atoms with Gasteiger partial charge in [-0.3, -0.25) is 34.2 Å². The SMILES string of the molecule is O=C(O)CCCCCCNc1cccc2c1C(=O)N(C1CCC(=O)NC1=O)C2=O. The minimum absolute atomic E-state index is 0.0802. The van der Waals surface area contributed by atoms with Gasteiger partial charge in [-0.2, -0.15) is 0 Å². The van der Waals surface area contributed by atoms with Crippen LogP contribution in [0.15, 0.2) is 18.2 Å². The van der Waals surface area contributed by atoms with Crippen molar-refractivity contribution in [1.29, 1.82) is 0 Å². The lowest BCUT2D eigenvalue weighted by Gasteiger charge is -2.27. The van der Waals surface area contributed by atoms with Gasteiger partial charge in [-0.1, -0.05) is 18.9 Å². The summed E-state index contributed by atoms with van der Waals surface area (Å²) in [6, 6.07) is 3.95. The Balaban J connectivity index is 1.63. The summed E-state index contributed by atoms with van der Waals surface area (Å²) in [6.45, 7) is 0.573. The van der Waals surface area contributed by atoms with Crippen LogP contribution in [0.4, 0.5) is 5.69 Å². The Morgan fingerprint density at radius 3 is 2.59 bits per heavy atom. The number of amides is 4. The Labute approximate surface area is 167 Å². The number of piperidine rings is 1. The quantitative estimate of drug-likeness (QED) is 0.422. The van der Waals surface area contributed by atoms with Gasteiger partial charge in [0.05, 0.1) is 11.1 Å². The van der Waals surface area contributed by atoms with Crippen molar-refractivity contribution in [2.24, 2.45) is 0 Å². The van der Waals surface area contributed by atoms with Crippen molar-refractivity contribution in [1.82, 2.24) is 10.2 Å². The van der Waals surface area contributed by atoms with E-state index in [2.05, 4.69) is 10.6 Å². The summed E-state index contributed by atoms with van der Waals surface area (Å²) in [5, 5.41) is 14.0. The van der Waals surface area contributed by atoms with Crippen molar-refractivity contribution in [3.05, 3.63) is 29.3 Å². The number of hydrogen-bond donors (Lipinski definition) is 3. The smallest absolute Gasteiger partial charge is 0.303 e. The lowest BCUT2D eigenvalue weighted by atomic mass is 10.0. The van der Waals surface area contributed by atoms with Crippen LogP contribution in [-0.2, 0) is 14.4 Å². The fourth-order valence-electron chi connectivity index (χ4n) is 3.64. The van der Waals surface area contributed by atoms with Crippen LogP contribution in [-0.4, -0.2) is 52.2 Å². The number of unbranched alkanes of at least 4 members (excludes halogenated alkanes) is 3. The van der Waals surface area contributed by atoms with Gasteiger partial charge in [-0.25, -0.2) is 0 Å². The van der Waals surface area contributed by atoms with Gasteiger partial charge in [0.1, 0.15) is 6.04 Å². The molecule has 1 unspecified atom stereocenters. The largest absolute Gasteiger partial charge is 0.481 e. The standard InChI is InChI=1S/C20H23N3O6/c24-15-10-9-14(18(27)22-15)23-19(28)12-6-5-7-13(17(12)20(23)29)21-11-4-2-1-3-8-16(25)26/h5-7,14,21H,1-4,8-11H2,(H,25,26)(H,22,24,27). The van der Waals surface area contributed by atoms with Gasteiger partial charge in [0.15, 0.2) is 0 Å². The number of anilines is 1. The van der Waals surface area contributed by atoms with Gasteiger partial charge < -0.3 is 10.4 Å². The van der Waals surface area contributed by atoms with Crippen LogP contribution in [0.3, 0.4) is 0 Å². The average Bonchev–Trinajstić information content (AvgIpc) is 2.92. The number of rotatable bonds is 9. The topological polar surface area (TPSA) is 133 Å². The highest BCUT2D eigenvalue weighted by atomic mass is 16.4. The van der Waals surface area contributed by atoms with Crippen LogP contribution in [0.1, 0.15) is 65.7 Å². The lowest BCUT2D eigenvalue weighted by molar-refractivity contribution is -0.138. The highest BCUT2D eigenvalue weighted by Crippen LogP contribution is 2.32. The monoisotopic (exact) mass is 401 g/mol. The van der Waals surface area contributed by atoms with Crippen molar-refractivity contribution in [2.75, 3.05) is 11.9 Å². The molecule has 2 heterocycles. The Kier molecular flexibility index (Phi) is 6.26. The molecule has 1 fully saturated rings. The normalized spacial score (nSPS) is 18.6. The molecule has 2 aliphatic heterocycles. The molecule has 0 bridgehead atoms. The molecule has 0 saturated carbocycles. The molecule has 1 aromatic carbocycles. The number of carboxylic acids is 1. The van der Waals surface area contributed by atoms with E-state index in [1.54, 1.807) is 18.2 Å². The number of nitrogens with zero attached hydrogens (tertiary/aromatic N) is 1. The summed E-state index contributed by atoms with van der Waals surface area (Å²) in [7, 11) is 0. The van der Waals surface area contributed by atoms with Crippen molar-refractivity contribution < 1.29 is 29.1 Å². The van der Waals surface area contributed by atoms with E-state index in [0.717, 1.165) is 24.2 Å². The van der Waals surface area contributed by atoms with Crippen molar-refractivity contribution >= 4 is 35.3 Å². The summed E-state index contributed by atoms with van der Waals surface area (Å²) in [5.74, 6) is -2.91. The fourth-order valence-corrected chi connectivity index (χ4v) is 3.64. The first-order valence-electron chi connectivity index (χ1n) is 9.70. The Hall–Kier alpha value is -3.23. The average molecular weight is 401 g/mol. The summed E-state index contributed by atoms with van der Waals surface area (Å²) in [5.41, 5.74) is 1.01. The van der Waals surface area contributed by atoms with E-state index in [0.29, 0.717) is 18.7 Å². The molecule has 3 rings (SSSR count). The molecule has 0 aliphatic carbocycles. The first kappa shape index (κ1) is 20.5. The molecule has 3 N–H and O–H groups in total. The summed E-state index contributed by atoms with van der Waals surface area (Å²) in [4.78, 5) is 60.6. The predicted molar refractivity (Wildman–Crippen MR) is 102 cm³/mol.